The summed E-state index contributed by atoms with van der Waals surface area (Å²) in [7, 11) is -3.75. The molecule has 0 bridgehead atoms. The van der Waals surface area contributed by atoms with E-state index in [1.54, 1.807) is 25.1 Å². The Morgan fingerprint density at radius 3 is 2.85 bits per heavy atom. The Labute approximate surface area is 114 Å². The molecule has 0 aliphatic heterocycles. The van der Waals surface area contributed by atoms with E-state index < -0.39 is 10.0 Å². The first-order valence-corrected chi connectivity index (χ1v) is 7.27. The van der Waals surface area contributed by atoms with Gasteiger partial charge in [0.25, 0.3) is 10.0 Å². The number of rotatable bonds is 3. The molecule has 20 heavy (non-hydrogen) atoms. The molecule has 2 aromatic heterocycles. The summed E-state index contributed by atoms with van der Waals surface area (Å²) in [6.45, 7) is 1.70. The third kappa shape index (κ3) is 2.10. The summed E-state index contributed by atoms with van der Waals surface area (Å²) in [5.41, 5.74) is 7.46. The van der Waals surface area contributed by atoms with Gasteiger partial charge in [0.15, 0.2) is 0 Å². The Morgan fingerprint density at radius 1 is 1.35 bits per heavy atom. The SMILES string of the molecule is Cc1cc(NS(=O)(=O)c2c[nH]c3cc(N)ccc23)on1. The van der Waals surface area contributed by atoms with Crippen molar-refractivity contribution in [1.82, 2.24) is 10.1 Å². The second-order valence-corrected chi connectivity index (χ2v) is 6.05. The Hall–Kier alpha value is -2.48. The van der Waals surface area contributed by atoms with Crippen LogP contribution >= 0.6 is 0 Å². The summed E-state index contributed by atoms with van der Waals surface area (Å²) in [4.78, 5) is 3.01. The normalized spacial score (nSPS) is 11.8. The van der Waals surface area contributed by atoms with Gasteiger partial charge in [0, 0.05) is 28.9 Å². The van der Waals surface area contributed by atoms with E-state index in [2.05, 4.69) is 14.9 Å². The van der Waals surface area contributed by atoms with Crippen LogP contribution in [0.5, 0.6) is 0 Å². The van der Waals surface area contributed by atoms with E-state index in [0.29, 0.717) is 22.3 Å². The molecule has 0 radical (unpaired) electrons. The van der Waals surface area contributed by atoms with Gasteiger partial charge in [-0.2, -0.15) is 0 Å². The molecule has 0 fully saturated rings. The summed E-state index contributed by atoms with van der Waals surface area (Å²) in [6.07, 6.45) is 1.41. The number of aryl methyl sites for hydroxylation is 1. The maximum atomic E-state index is 12.3. The molecule has 3 aromatic rings. The minimum Gasteiger partial charge on any atom is -0.399 e. The lowest BCUT2D eigenvalue weighted by molar-refractivity contribution is 0.430. The number of nitrogens with one attached hydrogen (secondary N) is 2. The quantitative estimate of drug-likeness (QED) is 0.637. The molecule has 104 valence electrons. The first kappa shape index (κ1) is 12.5. The molecule has 0 saturated heterocycles. The van der Waals surface area contributed by atoms with Crippen molar-refractivity contribution in [3.63, 3.8) is 0 Å². The van der Waals surface area contributed by atoms with Crippen LogP contribution in [0, 0.1) is 6.92 Å². The molecule has 0 unspecified atom stereocenters. The number of nitrogens with two attached hydrogens (primary N) is 1. The fraction of sp³-hybridized carbons (Fsp3) is 0.0833. The number of nitrogens with zero attached hydrogens (tertiary/aromatic N) is 1. The van der Waals surface area contributed by atoms with Gasteiger partial charge in [0.05, 0.1) is 5.69 Å². The van der Waals surface area contributed by atoms with Crippen LogP contribution in [-0.2, 0) is 10.0 Å². The number of aromatic nitrogens is 2. The zero-order valence-electron chi connectivity index (χ0n) is 10.5. The molecular weight excluding hydrogens is 280 g/mol. The van der Waals surface area contributed by atoms with Crippen molar-refractivity contribution < 1.29 is 12.9 Å². The predicted molar refractivity (Wildman–Crippen MR) is 74.8 cm³/mol. The number of nitrogen functional groups attached to an aromatic ring is 1. The molecule has 1 aromatic carbocycles. The lowest BCUT2D eigenvalue weighted by Crippen LogP contribution is -2.11. The number of anilines is 2. The average Bonchev–Trinajstić information content (AvgIpc) is 2.94. The standard InChI is InChI=1S/C12H12N4O3S/c1-7-4-12(19-15-7)16-20(17,18)11-6-14-10-5-8(13)2-3-9(10)11/h2-6,14,16H,13H2,1H3. The van der Waals surface area contributed by atoms with Gasteiger partial charge in [-0.25, -0.2) is 13.1 Å². The third-order valence-electron chi connectivity index (χ3n) is 2.82. The highest BCUT2D eigenvalue weighted by molar-refractivity contribution is 7.93. The van der Waals surface area contributed by atoms with Crippen LogP contribution in [0.4, 0.5) is 11.6 Å². The Balaban J connectivity index is 2.05. The van der Waals surface area contributed by atoms with Crippen LogP contribution in [-0.4, -0.2) is 18.6 Å². The molecule has 0 saturated carbocycles. The maximum Gasteiger partial charge on any atom is 0.266 e. The molecule has 0 aliphatic carbocycles. The number of benzene rings is 1. The van der Waals surface area contributed by atoms with Gasteiger partial charge in [0.1, 0.15) is 4.90 Å². The van der Waals surface area contributed by atoms with Crippen molar-refractivity contribution in [3.8, 4) is 0 Å². The summed E-state index contributed by atoms with van der Waals surface area (Å²) in [5.74, 6) is 0.0762. The number of H-pyrrole nitrogens is 1. The van der Waals surface area contributed by atoms with Gasteiger partial charge in [-0.05, 0) is 25.1 Å². The van der Waals surface area contributed by atoms with Crippen molar-refractivity contribution >= 4 is 32.5 Å². The summed E-state index contributed by atoms with van der Waals surface area (Å²) < 4.78 is 31.8. The van der Waals surface area contributed by atoms with Crippen LogP contribution in [0.3, 0.4) is 0 Å². The van der Waals surface area contributed by atoms with Crippen molar-refractivity contribution in [3.05, 3.63) is 36.2 Å². The molecule has 7 nitrogen and oxygen atoms in total. The van der Waals surface area contributed by atoms with Gasteiger partial charge in [-0.15, -0.1) is 0 Å². The first-order chi connectivity index (χ1) is 9.45. The molecule has 3 rings (SSSR count). The molecule has 4 N–H and O–H groups in total. The van der Waals surface area contributed by atoms with E-state index >= 15 is 0 Å². The molecular formula is C12H12N4O3S. The van der Waals surface area contributed by atoms with E-state index in [4.69, 9.17) is 10.3 Å². The second-order valence-electron chi connectivity index (χ2n) is 4.40. The van der Waals surface area contributed by atoms with E-state index in [1.165, 1.54) is 12.3 Å². The Kier molecular flexibility index (Phi) is 2.68. The first-order valence-electron chi connectivity index (χ1n) is 5.78. The van der Waals surface area contributed by atoms with Crippen LogP contribution in [0.15, 0.2) is 39.9 Å². The number of sulfonamides is 1. The van der Waals surface area contributed by atoms with Gasteiger partial charge in [-0.3, -0.25) is 0 Å². The minimum absolute atomic E-state index is 0.0762. The smallest absolute Gasteiger partial charge is 0.266 e. The van der Waals surface area contributed by atoms with Crippen molar-refractivity contribution in [1.29, 1.82) is 0 Å². The summed E-state index contributed by atoms with van der Waals surface area (Å²) in [5, 5.41) is 4.19. The highest BCUT2D eigenvalue weighted by Gasteiger charge is 2.20. The fourth-order valence-corrected chi connectivity index (χ4v) is 3.09. The monoisotopic (exact) mass is 292 g/mol. The van der Waals surface area contributed by atoms with E-state index in [9.17, 15) is 8.42 Å². The number of fused-ring (bicyclic) bond motifs is 1. The van der Waals surface area contributed by atoms with E-state index in [0.717, 1.165) is 0 Å². The third-order valence-corrected chi connectivity index (χ3v) is 4.21. The second kappa shape index (κ2) is 4.27. The number of aromatic amines is 1. The van der Waals surface area contributed by atoms with E-state index in [-0.39, 0.29) is 10.8 Å². The molecule has 2 heterocycles. The highest BCUT2D eigenvalue weighted by atomic mass is 32.2. The summed E-state index contributed by atoms with van der Waals surface area (Å²) in [6, 6.07) is 6.48. The molecule has 0 spiro atoms. The topological polar surface area (TPSA) is 114 Å². The molecule has 0 aliphatic rings. The highest BCUT2D eigenvalue weighted by Crippen LogP contribution is 2.26. The van der Waals surface area contributed by atoms with Crippen LogP contribution in [0.25, 0.3) is 10.9 Å². The zero-order chi connectivity index (χ0) is 14.3. The molecule has 8 heteroatoms. The van der Waals surface area contributed by atoms with E-state index in [1.807, 2.05) is 0 Å². The average molecular weight is 292 g/mol. The predicted octanol–water partition coefficient (Wildman–Crippen LogP) is 1.85. The molecule has 0 amide bonds. The minimum atomic E-state index is -3.75. The van der Waals surface area contributed by atoms with Crippen molar-refractivity contribution in [2.75, 3.05) is 10.5 Å². The molecule has 0 atom stereocenters. The fourth-order valence-electron chi connectivity index (χ4n) is 1.94. The van der Waals surface area contributed by atoms with Crippen LogP contribution in [0.1, 0.15) is 5.69 Å². The maximum absolute atomic E-state index is 12.3. The lowest BCUT2D eigenvalue weighted by atomic mass is 10.2. The van der Waals surface area contributed by atoms with Gasteiger partial charge >= 0.3 is 0 Å². The van der Waals surface area contributed by atoms with Gasteiger partial charge < -0.3 is 15.2 Å². The van der Waals surface area contributed by atoms with Crippen molar-refractivity contribution in [2.45, 2.75) is 11.8 Å². The largest absolute Gasteiger partial charge is 0.399 e. The van der Waals surface area contributed by atoms with Crippen LogP contribution in [0.2, 0.25) is 0 Å². The lowest BCUT2D eigenvalue weighted by Gasteiger charge is -2.03. The number of hydrogen-bond donors (Lipinski definition) is 3. The van der Waals surface area contributed by atoms with Crippen molar-refractivity contribution in [2.24, 2.45) is 0 Å². The Bertz CT molecular complexity index is 879. The number of hydrogen-bond acceptors (Lipinski definition) is 5. The Morgan fingerprint density at radius 2 is 2.15 bits per heavy atom. The summed E-state index contributed by atoms with van der Waals surface area (Å²) >= 11 is 0. The van der Waals surface area contributed by atoms with Crippen LogP contribution < -0.4 is 10.5 Å². The van der Waals surface area contributed by atoms with Gasteiger partial charge in [-0.1, -0.05) is 5.16 Å². The van der Waals surface area contributed by atoms with Gasteiger partial charge in [0.2, 0.25) is 5.88 Å². The zero-order valence-corrected chi connectivity index (χ0v) is 11.4.